The Balaban J connectivity index is 2.08. The van der Waals surface area contributed by atoms with Crippen molar-refractivity contribution in [3.63, 3.8) is 0 Å². The zero-order valence-electron chi connectivity index (χ0n) is 9.62. The van der Waals surface area contributed by atoms with Crippen molar-refractivity contribution in [1.82, 2.24) is 9.78 Å². The number of alkyl halides is 1. The van der Waals surface area contributed by atoms with Crippen LogP contribution < -0.4 is 0 Å². The third-order valence-corrected chi connectivity index (χ3v) is 2.95. The molecule has 94 valence electrons. The number of benzene rings is 1. The highest BCUT2D eigenvalue weighted by molar-refractivity contribution is 6.17. The molecular formula is C12H12ClN3O2. The molecule has 0 N–H and O–H groups in total. The fourth-order valence-corrected chi connectivity index (χ4v) is 1.87. The van der Waals surface area contributed by atoms with Gasteiger partial charge in [0.05, 0.1) is 17.0 Å². The Morgan fingerprint density at radius 1 is 1.39 bits per heavy atom. The third kappa shape index (κ3) is 2.87. The Hall–Kier alpha value is -1.88. The Morgan fingerprint density at radius 3 is 2.83 bits per heavy atom. The maximum Gasteiger partial charge on any atom is 0.272 e. The summed E-state index contributed by atoms with van der Waals surface area (Å²) in [5.41, 5.74) is 1.81. The minimum Gasteiger partial charge on any atom is -0.272 e. The molecule has 1 aromatic heterocycles. The number of halogens is 1. The number of hydrogen-bond donors (Lipinski definition) is 0. The van der Waals surface area contributed by atoms with Crippen molar-refractivity contribution in [2.45, 2.75) is 18.8 Å². The second-order valence-electron chi connectivity index (χ2n) is 3.88. The van der Waals surface area contributed by atoms with Crippen LogP contribution in [0.5, 0.6) is 0 Å². The van der Waals surface area contributed by atoms with Gasteiger partial charge in [0.2, 0.25) is 0 Å². The van der Waals surface area contributed by atoms with E-state index >= 15 is 0 Å². The van der Waals surface area contributed by atoms with Gasteiger partial charge in [0, 0.05) is 29.9 Å². The minimum atomic E-state index is -0.359. The van der Waals surface area contributed by atoms with Gasteiger partial charge < -0.3 is 0 Å². The Labute approximate surface area is 109 Å². The molecule has 1 aromatic carbocycles. The van der Waals surface area contributed by atoms with Gasteiger partial charge in [-0.05, 0) is 6.42 Å². The molecule has 1 heterocycles. The van der Waals surface area contributed by atoms with Gasteiger partial charge in [0.15, 0.2) is 0 Å². The number of nitrogens with zero attached hydrogens (tertiary/aromatic N) is 3. The molecule has 0 amide bonds. The second kappa shape index (κ2) is 5.64. The summed E-state index contributed by atoms with van der Waals surface area (Å²) >= 11 is 5.68. The molecule has 5 nitrogen and oxygen atoms in total. The van der Waals surface area contributed by atoms with Crippen molar-refractivity contribution < 1.29 is 4.92 Å². The molecule has 0 bridgehead atoms. The van der Waals surface area contributed by atoms with Crippen molar-refractivity contribution in [2.24, 2.45) is 0 Å². The average molecular weight is 266 g/mol. The van der Waals surface area contributed by atoms with Crippen LogP contribution in [0.2, 0.25) is 0 Å². The van der Waals surface area contributed by atoms with Crippen molar-refractivity contribution in [3.8, 4) is 0 Å². The van der Waals surface area contributed by atoms with E-state index in [9.17, 15) is 10.1 Å². The van der Waals surface area contributed by atoms with Crippen LogP contribution in [0, 0.1) is 10.1 Å². The number of hydrogen-bond acceptors (Lipinski definition) is 3. The van der Waals surface area contributed by atoms with Gasteiger partial charge in [-0.2, -0.15) is 5.10 Å². The van der Waals surface area contributed by atoms with E-state index in [4.69, 9.17) is 11.6 Å². The minimum absolute atomic E-state index is 0.155. The van der Waals surface area contributed by atoms with E-state index in [1.807, 2.05) is 6.20 Å². The molecule has 0 aliphatic rings. The first kappa shape index (κ1) is 12.6. The Kier molecular flexibility index (Phi) is 3.94. The first-order valence-electron chi connectivity index (χ1n) is 5.50. The van der Waals surface area contributed by atoms with Gasteiger partial charge >= 0.3 is 0 Å². The zero-order valence-corrected chi connectivity index (χ0v) is 10.4. The molecule has 0 spiro atoms. The van der Waals surface area contributed by atoms with Crippen LogP contribution >= 0.6 is 11.6 Å². The molecular weight excluding hydrogens is 254 g/mol. The lowest BCUT2D eigenvalue weighted by atomic mass is 10.1. The summed E-state index contributed by atoms with van der Waals surface area (Å²) in [7, 11) is 0. The van der Waals surface area contributed by atoms with Crippen LogP contribution in [0.3, 0.4) is 0 Å². The average Bonchev–Trinajstić information content (AvgIpc) is 2.84. The number of aryl methyl sites for hydroxylation is 2. The largest absolute Gasteiger partial charge is 0.272 e. The Bertz CT molecular complexity index is 554. The monoisotopic (exact) mass is 265 g/mol. The lowest BCUT2D eigenvalue weighted by molar-refractivity contribution is -0.385. The molecule has 2 rings (SSSR count). The van der Waals surface area contributed by atoms with Crippen LogP contribution in [-0.2, 0) is 18.8 Å². The standard InChI is InChI=1S/C12H12ClN3O2/c13-7-10-8-14-15(9-10)6-5-11-3-1-2-4-12(11)16(17)18/h1-4,8-9H,5-7H2. The molecule has 0 fully saturated rings. The molecule has 2 aromatic rings. The van der Waals surface area contributed by atoms with Gasteiger partial charge in [0.1, 0.15) is 0 Å². The fraction of sp³-hybridized carbons (Fsp3) is 0.250. The van der Waals surface area contributed by atoms with Gasteiger partial charge in [-0.1, -0.05) is 18.2 Å². The molecule has 18 heavy (non-hydrogen) atoms. The van der Waals surface area contributed by atoms with Gasteiger partial charge in [-0.15, -0.1) is 11.6 Å². The van der Waals surface area contributed by atoms with Gasteiger partial charge in [0.25, 0.3) is 5.69 Å². The molecule has 0 atom stereocenters. The van der Waals surface area contributed by atoms with E-state index in [1.165, 1.54) is 6.07 Å². The SMILES string of the molecule is O=[N+]([O-])c1ccccc1CCn1cc(CCl)cn1. The fourth-order valence-electron chi connectivity index (χ4n) is 1.73. The lowest BCUT2D eigenvalue weighted by Gasteiger charge is -2.03. The molecule has 0 unspecified atom stereocenters. The smallest absolute Gasteiger partial charge is 0.272 e. The van der Waals surface area contributed by atoms with Crippen molar-refractivity contribution in [3.05, 3.63) is 57.9 Å². The predicted molar refractivity (Wildman–Crippen MR) is 68.6 cm³/mol. The van der Waals surface area contributed by atoms with E-state index in [0.717, 1.165) is 5.56 Å². The molecule has 0 aliphatic heterocycles. The summed E-state index contributed by atoms with van der Waals surface area (Å²) in [6.07, 6.45) is 4.12. The molecule has 0 radical (unpaired) electrons. The molecule has 0 aliphatic carbocycles. The first-order chi connectivity index (χ1) is 8.70. The summed E-state index contributed by atoms with van der Waals surface area (Å²) in [6.45, 7) is 0.599. The van der Waals surface area contributed by atoms with E-state index in [-0.39, 0.29) is 10.6 Å². The van der Waals surface area contributed by atoms with Crippen molar-refractivity contribution in [2.75, 3.05) is 0 Å². The van der Waals surface area contributed by atoms with E-state index < -0.39 is 0 Å². The third-order valence-electron chi connectivity index (χ3n) is 2.64. The quantitative estimate of drug-likeness (QED) is 0.474. The summed E-state index contributed by atoms with van der Waals surface area (Å²) < 4.78 is 1.74. The topological polar surface area (TPSA) is 61.0 Å². The van der Waals surface area contributed by atoms with Crippen LogP contribution in [0.15, 0.2) is 36.7 Å². The van der Waals surface area contributed by atoms with Crippen molar-refractivity contribution >= 4 is 17.3 Å². The Morgan fingerprint density at radius 2 is 2.17 bits per heavy atom. The van der Waals surface area contributed by atoms with E-state index in [0.29, 0.717) is 24.4 Å². The summed E-state index contributed by atoms with van der Waals surface area (Å²) in [5.74, 6) is 0.422. The van der Waals surface area contributed by atoms with E-state index in [1.54, 1.807) is 29.1 Å². The number of para-hydroxylation sites is 1. The number of rotatable bonds is 5. The summed E-state index contributed by atoms with van der Waals surface area (Å²) in [5, 5.41) is 15.0. The summed E-state index contributed by atoms with van der Waals surface area (Å²) in [4.78, 5) is 10.5. The number of nitro groups is 1. The lowest BCUT2D eigenvalue weighted by Crippen LogP contribution is -2.03. The number of aromatic nitrogens is 2. The van der Waals surface area contributed by atoms with Crippen molar-refractivity contribution in [1.29, 1.82) is 0 Å². The maximum atomic E-state index is 10.8. The molecule has 6 heteroatoms. The highest BCUT2D eigenvalue weighted by Gasteiger charge is 2.11. The predicted octanol–water partition coefficient (Wildman–Crippen LogP) is 2.77. The first-order valence-corrected chi connectivity index (χ1v) is 6.03. The highest BCUT2D eigenvalue weighted by Crippen LogP contribution is 2.18. The number of nitro benzene ring substituents is 1. The van der Waals surface area contributed by atoms with Crippen LogP contribution in [0.1, 0.15) is 11.1 Å². The van der Waals surface area contributed by atoms with E-state index in [2.05, 4.69) is 5.10 Å². The van der Waals surface area contributed by atoms with Crippen LogP contribution in [-0.4, -0.2) is 14.7 Å². The molecule has 0 saturated carbocycles. The van der Waals surface area contributed by atoms with Crippen LogP contribution in [0.25, 0.3) is 0 Å². The van der Waals surface area contributed by atoms with Gasteiger partial charge in [-0.3, -0.25) is 14.8 Å². The highest BCUT2D eigenvalue weighted by atomic mass is 35.5. The summed E-state index contributed by atoms with van der Waals surface area (Å²) in [6, 6.07) is 6.75. The zero-order chi connectivity index (χ0) is 13.0. The van der Waals surface area contributed by atoms with Crippen LogP contribution in [0.4, 0.5) is 5.69 Å². The second-order valence-corrected chi connectivity index (χ2v) is 4.15. The maximum absolute atomic E-state index is 10.8. The normalized spacial score (nSPS) is 10.5. The molecule has 0 saturated heterocycles. The van der Waals surface area contributed by atoms with Gasteiger partial charge in [-0.25, -0.2) is 0 Å².